The first-order valence-electron chi connectivity index (χ1n) is 5.55. The molecule has 18 heavy (non-hydrogen) atoms. The molecule has 2 heterocycles. The molecule has 0 aliphatic carbocycles. The molecule has 0 saturated heterocycles. The zero-order valence-electron chi connectivity index (χ0n) is 9.54. The molecular weight excluding hydrogens is 246 g/mol. The predicted molar refractivity (Wildman–Crippen MR) is 72.1 cm³/mol. The van der Waals surface area contributed by atoms with Gasteiger partial charge >= 0.3 is 0 Å². The van der Waals surface area contributed by atoms with Crippen LogP contribution >= 0.6 is 11.3 Å². The second-order valence-electron chi connectivity index (χ2n) is 3.91. The van der Waals surface area contributed by atoms with E-state index in [9.17, 15) is 5.11 Å². The first kappa shape index (κ1) is 11.0. The molecule has 0 unspecified atom stereocenters. The van der Waals surface area contributed by atoms with Crippen LogP contribution in [0.25, 0.3) is 10.1 Å². The first-order valence-corrected chi connectivity index (χ1v) is 6.37. The number of hydrogen-bond acceptors (Lipinski definition) is 4. The molecule has 2 aromatic heterocycles. The molecule has 0 saturated carbocycles. The smallest absolute Gasteiger partial charge is 0.138 e. The minimum absolute atomic E-state index is 0.292. The van der Waals surface area contributed by atoms with Gasteiger partial charge in [-0.1, -0.05) is 0 Å². The van der Waals surface area contributed by atoms with Crippen molar-refractivity contribution in [1.82, 2.24) is 4.98 Å². The molecule has 0 aliphatic rings. The fraction of sp³-hybridized carbons (Fsp3) is 0.0714. The van der Waals surface area contributed by atoms with Crippen molar-refractivity contribution in [3.05, 3.63) is 53.7 Å². The maximum absolute atomic E-state index is 9.41. The topological polar surface area (TPSA) is 42.4 Å². The number of thiophene rings is 1. The van der Waals surface area contributed by atoms with Gasteiger partial charge in [-0.25, -0.2) is 0 Å². The molecule has 1 N–H and O–H groups in total. The normalized spacial score (nSPS) is 10.7. The van der Waals surface area contributed by atoms with Gasteiger partial charge in [0.15, 0.2) is 0 Å². The Balaban J connectivity index is 1.79. The Kier molecular flexibility index (Phi) is 2.86. The standard InChI is InChI=1S/C14H11NO2S/c16-11-3-4-14-10(6-11)7-13(18-14)9-17-12-2-1-5-15-8-12/h1-8,16H,9H2. The molecule has 1 aromatic carbocycles. The van der Waals surface area contributed by atoms with E-state index in [-0.39, 0.29) is 0 Å². The molecule has 0 atom stereocenters. The van der Waals surface area contributed by atoms with Crippen molar-refractivity contribution in [3.8, 4) is 11.5 Å². The highest BCUT2D eigenvalue weighted by molar-refractivity contribution is 7.19. The number of pyridine rings is 1. The lowest BCUT2D eigenvalue weighted by atomic mass is 10.2. The number of rotatable bonds is 3. The van der Waals surface area contributed by atoms with Crippen molar-refractivity contribution in [2.24, 2.45) is 0 Å². The van der Waals surface area contributed by atoms with E-state index in [4.69, 9.17) is 4.74 Å². The monoisotopic (exact) mass is 257 g/mol. The Bertz CT molecular complexity index is 664. The van der Waals surface area contributed by atoms with Crippen LogP contribution in [0.5, 0.6) is 11.5 Å². The first-order chi connectivity index (χ1) is 8.81. The lowest BCUT2D eigenvalue weighted by Crippen LogP contribution is -1.92. The van der Waals surface area contributed by atoms with E-state index in [0.29, 0.717) is 12.4 Å². The highest BCUT2D eigenvalue weighted by atomic mass is 32.1. The van der Waals surface area contributed by atoms with Crippen LogP contribution in [-0.2, 0) is 6.61 Å². The lowest BCUT2D eigenvalue weighted by molar-refractivity contribution is 0.308. The number of ether oxygens (including phenoxy) is 1. The van der Waals surface area contributed by atoms with E-state index in [2.05, 4.69) is 4.98 Å². The molecule has 0 spiro atoms. The summed E-state index contributed by atoms with van der Waals surface area (Å²) in [5, 5.41) is 10.5. The minimum atomic E-state index is 0.292. The van der Waals surface area contributed by atoms with E-state index in [0.717, 1.165) is 20.7 Å². The fourth-order valence-electron chi connectivity index (χ4n) is 1.74. The van der Waals surface area contributed by atoms with E-state index >= 15 is 0 Å². The van der Waals surface area contributed by atoms with Crippen LogP contribution in [0.15, 0.2) is 48.8 Å². The SMILES string of the molecule is Oc1ccc2sc(COc3cccnc3)cc2c1. The zero-order valence-corrected chi connectivity index (χ0v) is 10.4. The summed E-state index contributed by atoms with van der Waals surface area (Å²) in [4.78, 5) is 5.12. The second-order valence-corrected chi connectivity index (χ2v) is 5.08. The molecule has 3 aromatic rings. The quantitative estimate of drug-likeness (QED) is 0.779. The summed E-state index contributed by atoms with van der Waals surface area (Å²) in [7, 11) is 0. The van der Waals surface area contributed by atoms with Gasteiger partial charge < -0.3 is 9.84 Å². The molecular formula is C14H11NO2S. The van der Waals surface area contributed by atoms with Crippen LogP contribution in [0.4, 0.5) is 0 Å². The van der Waals surface area contributed by atoms with Crippen LogP contribution < -0.4 is 4.74 Å². The maximum atomic E-state index is 9.41. The fourth-order valence-corrected chi connectivity index (χ4v) is 2.70. The average molecular weight is 257 g/mol. The zero-order chi connectivity index (χ0) is 12.4. The molecule has 0 amide bonds. The largest absolute Gasteiger partial charge is 0.508 e. The third-order valence-corrected chi connectivity index (χ3v) is 3.66. The molecule has 0 fully saturated rings. The lowest BCUT2D eigenvalue weighted by Gasteiger charge is -2.02. The number of benzene rings is 1. The summed E-state index contributed by atoms with van der Waals surface area (Å²) < 4.78 is 6.79. The number of nitrogens with zero attached hydrogens (tertiary/aromatic N) is 1. The Hall–Kier alpha value is -2.07. The van der Waals surface area contributed by atoms with Crippen LogP contribution in [0.2, 0.25) is 0 Å². The van der Waals surface area contributed by atoms with Crippen LogP contribution in [0.1, 0.15) is 4.88 Å². The molecule has 0 aliphatic heterocycles. The van der Waals surface area contributed by atoms with Crippen LogP contribution in [-0.4, -0.2) is 10.1 Å². The summed E-state index contributed by atoms with van der Waals surface area (Å²) in [6.45, 7) is 0.520. The van der Waals surface area contributed by atoms with E-state index in [1.54, 1.807) is 35.9 Å². The van der Waals surface area contributed by atoms with E-state index in [1.807, 2.05) is 24.3 Å². The van der Waals surface area contributed by atoms with Gasteiger partial charge in [0.1, 0.15) is 18.1 Å². The highest BCUT2D eigenvalue weighted by Crippen LogP contribution is 2.29. The van der Waals surface area contributed by atoms with Crippen molar-refractivity contribution in [3.63, 3.8) is 0 Å². The third kappa shape index (κ3) is 2.28. The molecule has 4 heteroatoms. The number of aromatic nitrogens is 1. The van der Waals surface area contributed by atoms with Crippen molar-refractivity contribution < 1.29 is 9.84 Å². The van der Waals surface area contributed by atoms with Gasteiger partial charge in [0.05, 0.1) is 6.20 Å². The summed E-state index contributed by atoms with van der Waals surface area (Å²) >= 11 is 1.67. The predicted octanol–water partition coefficient (Wildman–Crippen LogP) is 3.58. The summed E-state index contributed by atoms with van der Waals surface area (Å²) in [6.07, 6.45) is 3.41. The van der Waals surface area contributed by atoms with E-state index < -0.39 is 0 Å². The van der Waals surface area contributed by atoms with Crippen molar-refractivity contribution >= 4 is 21.4 Å². The Morgan fingerprint density at radius 2 is 2.17 bits per heavy atom. The van der Waals surface area contributed by atoms with Crippen molar-refractivity contribution in [2.45, 2.75) is 6.61 Å². The van der Waals surface area contributed by atoms with Gasteiger partial charge in [-0.05, 0) is 41.8 Å². The number of phenolic OH excluding ortho intramolecular Hbond substituents is 1. The van der Waals surface area contributed by atoms with Gasteiger partial charge in [0.2, 0.25) is 0 Å². The second kappa shape index (κ2) is 4.66. The van der Waals surface area contributed by atoms with Gasteiger partial charge in [0, 0.05) is 15.8 Å². The maximum Gasteiger partial charge on any atom is 0.138 e. The molecule has 90 valence electrons. The summed E-state index contributed by atoms with van der Waals surface area (Å²) in [5.74, 6) is 1.05. The Morgan fingerprint density at radius 1 is 1.22 bits per heavy atom. The molecule has 0 bridgehead atoms. The molecule has 0 radical (unpaired) electrons. The Labute approximate surface area is 108 Å². The molecule has 3 rings (SSSR count). The third-order valence-electron chi connectivity index (χ3n) is 2.57. The number of fused-ring (bicyclic) bond motifs is 1. The van der Waals surface area contributed by atoms with Crippen LogP contribution in [0, 0.1) is 0 Å². The van der Waals surface area contributed by atoms with Gasteiger partial charge in [0.25, 0.3) is 0 Å². The number of phenols is 1. The summed E-state index contributed by atoms with van der Waals surface area (Å²) in [5.41, 5.74) is 0. The number of aromatic hydroxyl groups is 1. The minimum Gasteiger partial charge on any atom is -0.508 e. The van der Waals surface area contributed by atoms with Crippen molar-refractivity contribution in [2.75, 3.05) is 0 Å². The van der Waals surface area contributed by atoms with Gasteiger partial charge in [-0.2, -0.15) is 0 Å². The van der Waals surface area contributed by atoms with Crippen LogP contribution in [0.3, 0.4) is 0 Å². The summed E-state index contributed by atoms with van der Waals surface area (Å²) in [6, 6.07) is 11.1. The average Bonchev–Trinajstić information content (AvgIpc) is 2.79. The van der Waals surface area contributed by atoms with Gasteiger partial charge in [-0.3, -0.25) is 4.98 Å². The highest BCUT2D eigenvalue weighted by Gasteiger charge is 2.03. The number of hydrogen-bond donors (Lipinski definition) is 1. The Morgan fingerprint density at radius 3 is 3.00 bits per heavy atom. The molecule has 3 nitrogen and oxygen atoms in total. The van der Waals surface area contributed by atoms with Crippen molar-refractivity contribution in [1.29, 1.82) is 0 Å². The van der Waals surface area contributed by atoms with Gasteiger partial charge in [-0.15, -0.1) is 11.3 Å². The van der Waals surface area contributed by atoms with E-state index in [1.165, 1.54) is 0 Å².